The van der Waals surface area contributed by atoms with E-state index >= 15 is 0 Å². The number of rotatable bonds is 8. The van der Waals surface area contributed by atoms with Crippen LogP contribution in [0.25, 0.3) is 22.4 Å². The molecule has 0 radical (unpaired) electrons. The van der Waals surface area contributed by atoms with Gasteiger partial charge in [0.15, 0.2) is 17.0 Å². The normalized spacial score (nSPS) is 17.3. The molecule has 1 aliphatic carbocycles. The van der Waals surface area contributed by atoms with E-state index in [4.69, 9.17) is 19.4 Å². The molecule has 5 heterocycles. The fraction of sp³-hybridized carbons (Fsp3) is 0.462. The zero-order valence-electron chi connectivity index (χ0n) is 19.9. The van der Waals surface area contributed by atoms with E-state index in [1.165, 1.54) is 38.5 Å². The highest BCUT2D eigenvalue weighted by Gasteiger charge is 2.22. The zero-order chi connectivity index (χ0) is 23.5. The lowest BCUT2D eigenvalue weighted by atomic mass is 9.98. The Morgan fingerprint density at radius 3 is 2.66 bits per heavy atom. The number of anilines is 2. The standard InChI is InChI=1S/C26H32N8O/c1-2-4-21(3-1)34-17-31-23-24(29-15-19-5-6-22(28-14-19)20-9-12-35-16-20)32-26(33-25(23)34)30-13-18-7-10-27-11-8-18/h5-6,9,12,14,16-18,21,27H,1-4,7-8,10-11,13,15H2,(H2,29,30,32,33). The van der Waals surface area contributed by atoms with Crippen LogP contribution in [0.2, 0.25) is 0 Å². The van der Waals surface area contributed by atoms with Gasteiger partial charge >= 0.3 is 0 Å². The van der Waals surface area contributed by atoms with Crippen molar-refractivity contribution in [3.05, 3.63) is 48.8 Å². The molecule has 0 spiro atoms. The minimum atomic E-state index is 0.472. The molecule has 2 aliphatic rings. The predicted molar refractivity (Wildman–Crippen MR) is 136 cm³/mol. The van der Waals surface area contributed by atoms with Gasteiger partial charge in [0.1, 0.15) is 0 Å². The molecular formula is C26H32N8O. The number of fused-ring (bicyclic) bond motifs is 1. The number of pyridine rings is 1. The minimum absolute atomic E-state index is 0.472. The van der Waals surface area contributed by atoms with Gasteiger partial charge in [-0.05, 0) is 62.4 Å². The quantitative estimate of drug-likeness (QED) is 0.341. The third-order valence-electron chi connectivity index (χ3n) is 7.25. The molecule has 0 aromatic carbocycles. The van der Waals surface area contributed by atoms with Crippen molar-refractivity contribution in [2.45, 2.75) is 51.1 Å². The second-order valence-electron chi connectivity index (χ2n) is 9.65. The average Bonchev–Trinajstić information content (AvgIpc) is 3.69. The summed E-state index contributed by atoms with van der Waals surface area (Å²) in [4.78, 5) is 19.1. The lowest BCUT2D eigenvalue weighted by Crippen LogP contribution is -2.31. The van der Waals surface area contributed by atoms with Gasteiger partial charge in [-0.2, -0.15) is 9.97 Å². The number of hydrogen-bond acceptors (Lipinski definition) is 8. The van der Waals surface area contributed by atoms with Gasteiger partial charge in [-0.3, -0.25) is 4.98 Å². The summed E-state index contributed by atoms with van der Waals surface area (Å²) in [5.41, 5.74) is 4.68. The number of imidazole rings is 1. The molecule has 0 amide bonds. The molecule has 0 unspecified atom stereocenters. The van der Waals surface area contributed by atoms with Gasteiger partial charge in [0.2, 0.25) is 5.95 Å². The van der Waals surface area contributed by atoms with E-state index in [0.29, 0.717) is 24.5 Å². The maximum atomic E-state index is 5.17. The summed E-state index contributed by atoms with van der Waals surface area (Å²) in [6, 6.07) is 6.48. The lowest BCUT2D eigenvalue weighted by molar-refractivity contribution is 0.389. The van der Waals surface area contributed by atoms with Crippen LogP contribution in [0.5, 0.6) is 0 Å². The maximum Gasteiger partial charge on any atom is 0.226 e. The summed E-state index contributed by atoms with van der Waals surface area (Å²) in [7, 11) is 0. The van der Waals surface area contributed by atoms with Gasteiger partial charge in [0, 0.05) is 30.9 Å². The van der Waals surface area contributed by atoms with Crippen molar-refractivity contribution in [2.75, 3.05) is 30.3 Å². The van der Waals surface area contributed by atoms with E-state index in [1.807, 2.05) is 24.7 Å². The first-order valence-electron chi connectivity index (χ1n) is 12.7. The molecule has 0 atom stereocenters. The number of nitrogens with one attached hydrogen (secondary N) is 3. The van der Waals surface area contributed by atoms with Crippen LogP contribution >= 0.6 is 0 Å². The average molecular weight is 473 g/mol. The number of nitrogens with zero attached hydrogens (tertiary/aromatic N) is 5. The summed E-state index contributed by atoms with van der Waals surface area (Å²) >= 11 is 0. The van der Waals surface area contributed by atoms with Gasteiger partial charge in [0.05, 0.1) is 24.5 Å². The molecule has 0 bridgehead atoms. The van der Waals surface area contributed by atoms with Crippen molar-refractivity contribution in [1.82, 2.24) is 29.8 Å². The van der Waals surface area contributed by atoms with Gasteiger partial charge in [-0.1, -0.05) is 18.9 Å². The van der Waals surface area contributed by atoms with Crippen LogP contribution in [0.15, 0.2) is 47.7 Å². The molecule has 4 aromatic rings. The van der Waals surface area contributed by atoms with Crippen LogP contribution in [-0.4, -0.2) is 44.1 Å². The van der Waals surface area contributed by atoms with Crippen LogP contribution in [0.1, 0.15) is 50.1 Å². The zero-order valence-corrected chi connectivity index (χ0v) is 19.9. The van der Waals surface area contributed by atoms with E-state index in [2.05, 4.69) is 31.6 Å². The first-order chi connectivity index (χ1) is 17.3. The molecule has 1 aliphatic heterocycles. The molecule has 1 saturated carbocycles. The van der Waals surface area contributed by atoms with E-state index < -0.39 is 0 Å². The molecule has 1 saturated heterocycles. The molecule has 35 heavy (non-hydrogen) atoms. The van der Waals surface area contributed by atoms with Crippen molar-refractivity contribution in [3.8, 4) is 11.3 Å². The Kier molecular flexibility index (Phi) is 6.32. The van der Waals surface area contributed by atoms with Crippen molar-refractivity contribution < 1.29 is 4.42 Å². The van der Waals surface area contributed by atoms with E-state index in [1.54, 1.807) is 12.5 Å². The summed E-state index contributed by atoms with van der Waals surface area (Å²) < 4.78 is 7.43. The van der Waals surface area contributed by atoms with Gasteiger partial charge < -0.3 is 24.9 Å². The molecule has 182 valence electrons. The number of furan rings is 1. The fourth-order valence-electron chi connectivity index (χ4n) is 5.19. The maximum absolute atomic E-state index is 5.17. The Bertz CT molecular complexity index is 1240. The smallest absolute Gasteiger partial charge is 0.226 e. The van der Waals surface area contributed by atoms with Crippen molar-refractivity contribution in [2.24, 2.45) is 5.92 Å². The Labute approximate surface area is 204 Å². The van der Waals surface area contributed by atoms with E-state index in [9.17, 15) is 0 Å². The Hall–Kier alpha value is -3.46. The Balaban J connectivity index is 1.23. The summed E-state index contributed by atoms with van der Waals surface area (Å²) in [6.45, 7) is 3.67. The highest BCUT2D eigenvalue weighted by atomic mass is 16.3. The topological polar surface area (TPSA) is 106 Å². The number of aromatic nitrogens is 5. The summed E-state index contributed by atoms with van der Waals surface area (Å²) in [5, 5.41) is 10.5. The Morgan fingerprint density at radius 2 is 1.89 bits per heavy atom. The van der Waals surface area contributed by atoms with Crippen LogP contribution in [-0.2, 0) is 6.54 Å². The van der Waals surface area contributed by atoms with Crippen LogP contribution in [0.3, 0.4) is 0 Å². The van der Waals surface area contributed by atoms with Gasteiger partial charge in [-0.25, -0.2) is 4.98 Å². The molecule has 9 heteroatoms. The molecule has 2 fully saturated rings. The van der Waals surface area contributed by atoms with Crippen molar-refractivity contribution >= 4 is 22.9 Å². The molecule has 4 aromatic heterocycles. The number of piperidine rings is 1. The molecular weight excluding hydrogens is 440 g/mol. The molecule has 9 nitrogen and oxygen atoms in total. The first kappa shape index (κ1) is 22.0. The lowest BCUT2D eigenvalue weighted by Gasteiger charge is -2.23. The highest BCUT2D eigenvalue weighted by Crippen LogP contribution is 2.33. The summed E-state index contributed by atoms with van der Waals surface area (Å²) in [6.07, 6.45) is 14.5. The fourth-order valence-corrected chi connectivity index (χ4v) is 5.19. The third-order valence-corrected chi connectivity index (χ3v) is 7.25. The second-order valence-corrected chi connectivity index (χ2v) is 9.65. The van der Waals surface area contributed by atoms with Crippen LogP contribution in [0, 0.1) is 5.92 Å². The second kappa shape index (κ2) is 10.0. The SMILES string of the molecule is c1cc(-c2ccc(CNc3nc(NCC4CCNCC4)nc4c3ncn4C3CCCC3)cn2)co1. The predicted octanol–water partition coefficient (Wildman–Crippen LogP) is 4.62. The van der Waals surface area contributed by atoms with Gasteiger partial charge in [0.25, 0.3) is 0 Å². The van der Waals surface area contributed by atoms with Gasteiger partial charge in [-0.15, -0.1) is 0 Å². The van der Waals surface area contributed by atoms with E-state index in [-0.39, 0.29) is 0 Å². The monoisotopic (exact) mass is 472 g/mol. The van der Waals surface area contributed by atoms with Crippen molar-refractivity contribution in [1.29, 1.82) is 0 Å². The van der Waals surface area contributed by atoms with Crippen molar-refractivity contribution in [3.63, 3.8) is 0 Å². The highest BCUT2D eigenvalue weighted by molar-refractivity contribution is 5.84. The molecule has 3 N–H and O–H groups in total. The van der Waals surface area contributed by atoms with Crippen LogP contribution in [0.4, 0.5) is 11.8 Å². The third kappa shape index (κ3) is 4.86. The summed E-state index contributed by atoms with van der Waals surface area (Å²) in [5.74, 6) is 2.08. The number of hydrogen-bond donors (Lipinski definition) is 3. The minimum Gasteiger partial charge on any atom is -0.472 e. The Morgan fingerprint density at radius 1 is 1.00 bits per heavy atom. The first-order valence-corrected chi connectivity index (χ1v) is 12.7. The largest absolute Gasteiger partial charge is 0.472 e. The van der Waals surface area contributed by atoms with Crippen LogP contribution < -0.4 is 16.0 Å². The van der Waals surface area contributed by atoms with E-state index in [0.717, 1.165) is 53.4 Å². The molecule has 6 rings (SSSR count).